The molecular formula is C11H19N3O4. The average molecular weight is 257 g/mol. The van der Waals surface area contributed by atoms with E-state index in [1.165, 1.54) is 18.9 Å². The number of nitriles is 1. The average Bonchev–Trinajstić information content (AvgIpc) is 2.35. The lowest BCUT2D eigenvalue weighted by Crippen LogP contribution is -2.44. The van der Waals surface area contributed by atoms with Crippen molar-refractivity contribution in [2.45, 2.75) is 13.3 Å². The first-order valence-electron chi connectivity index (χ1n) is 5.64. The number of ether oxygens (including phenoxy) is 1. The lowest BCUT2D eigenvalue weighted by atomic mass is 10.2. The minimum atomic E-state index is -0.962. The van der Waals surface area contributed by atoms with Crippen molar-refractivity contribution in [3.63, 3.8) is 0 Å². The van der Waals surface area contributed by atoms with E-state index >= 15 is 0 Å². The van der Waals surface area contributed by atoms with Gasteiger partial charge in [0.1, 0.15) is 0 Å². The van der Waals surface area contributed by atoms with E-state index in [4.69, 9.17) is 15.1 Å². The highest BCUT2D eigenvalue weighted by molar-refractivity contribution is 5.75. The zero-order valence-corrected chi connectivity index (χ0v) is 10.7. The number of rotatable bonds is 8. The number of carbonyl (C=O) groups is 2. The van der Waals surface area contributed by atoms with Crippen molar-refractivity contribution in [2.24, 2.45) is 5.92 Å². The highest BCUT2D eigenvalue weighted by Crippen LogP contribution is 1.96. The smallest absolute Gasteiger partial charge is 0.317 e. The second-order valence-electron chi connectivity index (χ2n) is 3.81. The summed E-state index contributed by atoms with van der Waals surface area (Å²) in [6.07, 6.45) is 0.228. The van der Waals surface area contributed by atoms with E-state index in [1.54, 1.807) is 0 Å². The molecule has 0 heterocycles. The molecule has 0 aliphatic carbocycles. The Morgan fingerprint density at radius 1 is 1.50 bits per heavy atom. The first-order valence-corrected chi connectivity index (χ1v) is 5.64. The number of methoxy groups -OCH3 is 1. The summed E-state index contributed by atoms with van der Waals surface area (Å²) in [7, 11) is 1.52. The highest BCUT2D eigenvalue weighted by atomic mass is 16.5. The number of nitrogens with one attached hydrogen (secondary N) is 1. The first-order chi connectivity index (χ1) is 8.52. The number of nitrogens with zero attached hydrogens (tertiary/aromatic N) is 2. The summed E-state index contributed by atoms with van der Waals surface area (Å²) in [6, 6.07) is 1.58. The van der Waals surface area contributed by atoms with E-state index in [1.807, 2.05) is 6.07 Å². The van der Waals surface area contributed by atoms with Gasteiger partial charge in [-0.25, -0.2) is 4.79 Å². The summed E-state index contributed by atoms with van der Waals surface area (Å²) in [6.45, 7) is 2.60. The third-order valence-electron chi connectivity index (χ3n) is 2.33. The van der Waals surface area contributed by atoms with Crippen molar-refractivity contribution >= 4 is 12.0 Å². The molecule has 1 unspecified atom stereocenters. The fourth-order valence-corrected chi connectivity index (χ4v) is 1.14. The zero-order chi connectivity index (χ0) is 14.0. The Labute approximate surface area is 106 Å². The molecule has 7 heteroatoms. The summed E-state index contributed by atoms with van der Waals surface area (Å²) in [5.41, 5.74) is 0. The van der Waals surface area contributed by atoms with Gasteiger partial charge in [0, 0.05) is 26.7 Å². The van der Waals surface area contributed by atoms with Gasteiger partial charge in [0.15, 0.2) is 0 Å². The van der Waals surface area contributed by atoms with E-state index in [0.29, 0.717) is 19.7 Å². The molecule has 0 saturated heterocycles. The van der Waals surface area contributed by atoms with Gasteiger partial charge in [0.05, 0.1) is 25.0 Å². The molecule has 2 amide bonds. The number of hydrogen-bond donors (Lipinski definition) is 2. The van der Waals surface area contributed by atoms with Crippen molar-refractivity contribution in [1.29, 1.82) is 5.26 Å². The monoisotopic (exact) mass is 257 g/mol. The number of carboxylic acid groups (broad SMARTS) is 1. The molecule has 18 heavy (non-hydrogen) atoms. The standard InChI is InChI=1S/C11H19N3O4/c1-9(10(15)16)8-13-11(17)14(5-3-4-12)6-7-18-2/h9H,3,5-8H2,1-2H3,(H,13,17)(H,15,16). The highest BCUT2D eigenvalue weighted by Gasteiger charge is 2.16. The van der Waals surface area contributed by atoms with Crippen LogP contribution in [0.1, 0.15) is 13.3 Å². The summed E-state index contributed by atoms with van der Waals surface area (Å²) < 4.78 is 4.87. The van der Waals surface area contributed by atoms with Crippen LogP contribution in [0.5, 0.6) is 0 Å². The van der Waals surface area contributed by atoms with Crippen LogP contribution in [0.25, 0.3) is 0 Å². The van der Waals surface area contributed by atoms with Gasteiger partial charge in [-0.3, -0.25) is 4.79 Å². The predicted octanol–water partition coefficient (Wildman–Crippen LogP) is 0.279. The van der Waals surface area contributed by atoms with Crippen LogP contribution in [0, 0.1) is 17.2 Å². The Morgan fingerprint density at radius 2 is 2.17 bits per heavy atom. The van der Waals surface area contributed by atoms with Crippen LogP contribution in [0.4, 0.5) is 4.79 Å². The van der Waals surface area contributed by atoms with Gasteiger partial charge in [0.25, 0.3) is 0 Å². The van der Waals surface area contributed by atoms with Crippen LogP contribution in [0.3, 0.4) is 0 Å². The zero-order valence-electron chi connectivity index (χ0n) is 10.7. The molecule has 2 N–H and O–H groups in total. The third-order valence-corrected chi connectivity index (χ3v) is 2.33. The van der Waals surface area contributed by atoms with Crippen LogP contribution in [-0.4, -0.2) is 55.4 Å². The molecule has 0 saturated carbocycles. The molecule has 0 fully saturated rings. The van der Waals surface area contributed by atoms with Gasteiger partial charge in [-0.1, -0.05) is 6.92 Å². The van der Waals surface area contributed by atoms with E-state index in [2.05, 4.69) is 5.32 Å². The van der Waals surface area contributed by atoms with Crippen LogP contribution in [0.2, 0.25) is 0 Å². The Kier molecular flexibility index (Phi) is 8.31. The molecule has 7 nitrogen and oxygen atoms in total. The molecule has 0 spiro atoms. The molecule has 0 aromatic heterocycles. The van der Waals surface area contributed by atoms with Gasteiger partial charge in [-0.05, 0) is 0 Å². The Hall–Kier alpha value is -1.81. The van der Waals surface area contributed by atoms with E-state index in [-0.39, 0.29) is 19.0 Å². The number of urea groups is 1. The van der Waals surface area contributed by atoms with Crippen LogP contribution >= 0.6 is 0 Å². The second-order valence-corrected chi connectivity index (χ2v) is 3.81. The Bertz CT molecular complexity index is 314. The second kappa shape index (κ2) is 9.24. The Morgan fingerprint density at radius 3 is 2.67 bits per heavy atom. The summed E-state index contributed by atoms with van der Waals surface area (Å²) in [5.74, 6) is -1.61. The van der Waals surface area contributed by atoms with Gasteiger partial charge < -0.3 is 20.1 Å². The fourth-order valence-electron chi connectivity index (χ4n) is 1.14. The maximum Gasteiger partial charge on any atom is 0.317 e. The van der Waals surface area contributed by atoms with Crippen molar-refractivity contribution in [1.82, 2.24) is 10.2 Å². The van der Waals surface area contributed by atoms with Gasteiger partial charge in [-0.15, -0.1) is 0 Å². The van der Waals surface area contributed by atoms with Gasteiger partial charge in [0.2, 0.25) is 0 Å². The van der Waals surface area contributed by atoms with Gasteiger partial charge >= 0.3 is 12.0 Å². The van der Waals surface area contributed by atoms with Crippen molar-refractivity contribution in [3.05, 3.63) is 0 Å². The lowest BCUT2D eigenvalue weighted by molar-refractivity contribution is -0.140. The molecule has 102 valence electrons. The van der Waals surface area contributed by atoms with Crippen molar-refractivity contribution < 1.29 is 19.4 Å². The largest absolute Gasteiger partial charge is 0.481 e. The maximum atomic E-state index is 11.7. The number of amides is 2. The third kappa shape index (κ3) is 6.70. The number of carboxylic acids is 1. The molecule has 0 rings (SSSR count). The number of hydrogen-bond acceptors (Lipinski definition) is 4. The fraction of sp³-hybridized carbons (Fsp3) is 0.727. The van der Waals surface area contributed by atoms with Gasteiger partial charge in [-0.2, -0.15) is 5.26 Å². The SMILES string of the molecule is COCCN(CCC#N)C(=O)NCC(C)C(=O)O. The Balaban J connectivity index is 4.19. The summed E-state index contributed by atoms with van der Waals surface area (Å²) in [4.78, 5) is 23.8. The number of aliphatic carboxylic acids is 1. The van der Waals surface area contributed by atoms with E-state index in [9.17, 15) is 9.59 Å². The molecule has 0 aliphatic rings. The molecule has 0 bridgehead atoms. The molecular weight excluding hydrogens is 238 g/mol. The topological polar surface area (TPSA) is 103 Å². The summed E-state index contributed by atoms with van der Waals surface area (Å²) >= 11 is 0. The van der Waals surface area contributed by atoms with E-state index in [0.717, 1.165) is 0 Å². The quantitative estimate of drug-likeness (QED) is 0.650. The van der Waals surface area contributed by atoms with Crippen LogP contribution < -0.4 is 5.32 Å². The summed E-state index contributed by atoms with van der Waals surface area (Å²) in [5, 5.41) is 19.7. The van der Waals surface area contributed by atoms with Crippen molar-refractivity contribution in [3.8, 4) is 6.07 Å². The molecule has 0 aromatic rings. The van der Waals surface area contributed by atoms with Crippen molar-refractivity contribution in [2.75, 3.05) is 33.4 Å². The normalized spacial score (nSPS) is 11.4. The van der Waals surface area contributed by atoms with Crippen LogP contribution in [-0.2, 0) is 9.53 Å². The lowest BCUT2D eigenvalue weighted by Gasteiger charge is -2.22. The molecule has 1 atom stereocenters. The molecule has 0 aliphatic heterocycles. The molecule has 0 radical (unpaired) electrons. The minimum Gasteiger partial charge on any atom is -0.481 e. The number of carbonyl (C=O) groups excluding carboxylic acids is 1. The first kappa shape index (κ1) is 16.2. The molecule has 0 aromatic carbocycles. The van der Waals surface area contributed by atoms with Crippen LogP contribution in [0.15, 0.2) is 0 Å². The van der Waals surface area contributed by atoms with E-state index < -0.39 is 11.9 Å². The minimum absolute atomic E-state index is 0.0597. The predicted molar refractivity (Wildman–Crippen MR) is 63.9 cm³/mol. The maximum absolute atomic E-state index is 11.7.